The monoisotopic (exact) mass is 264 g/mol. The fourth-order valence-electron chi connectivity index (χ4n) is 1.78. The summed E-state index contributed by atoms with van der Waals surface area (Å²) in [6, 6.07) is 0. The van der Waals surface area contributed by atoms with Crippen LogP contribution in [0.4, 0.5) is 0 Å². The van der Waals surface area contributed by atoms with Crippen LogP contribution >= 0.6 is 0 Å². The molecule has 3 unspecified atom stereocenters. The van der Waals surface area contributed by atoms with Gasteiger partial charge < -0.3 is 29.9 Å². The first-order valence-corrected chi connectivity index (χ1v) is 6.26. The number of ether oxygens (including phenoxy) is 2. The quantitative estimate of drug-likeness (QED) is 0.521. The molecule has 0 aromatic carbocycles. The fraction of sp³-hybridized carbons (Fsp3) is 1.00. The van der Waals surface area contributed by atoms with Crippen molar-refractivity contribution in [3.63, 3.8) is 0 Å². The van der Waals surface area contributed by atoms with E-state index >= 15 is 0 Å². The van der Waals surface area contributed by atoms with Crippen molar-refractivity contribution in [3.8, 4) is 0 Å². The lowest BCUT2D eigenvalue weighted by Crippen LogP contribution is -2.59. The first-order chi connectivity index (χ1) is 8.35. The third-order valence-electron chi connectivity index (χ3n) is 3.48. The van der Waals surface area contributed by atoms with E-state index in [0.717, 1.165) is 0 Å². The van der Waals surface area contributed by atoms with Gasteiger partial charge in [0.05, 0.1) is 25.4 Å². The Bertz CT molecular complexity index is 253. The standard InChI is InChI=1S/C12H24O6/c1-7(2)8(3)17-11-10(16)9(15)4-12(5-13,6-14)18-11/h7-11,13-16H,4-6H2,1-3H3/t8?,9?,10?,11-/m1/s1. The maximum Gasteiger partial charge on any atom is 0.187 e. The molecule has 0 saturated carbocycles. The molecule has 0 bridgehead atoms. The minimum atomic E-state index is -1.26. The highest BCUT2D eigenvalue weighted by Gasteiger charge is 2.46. The summed E-state index contributed by atoms with van der Waals surface area (Å²) in [5.74, 6) is 0.220. The normalized spacial score (nSPS) is 33.7. The summed E-state index contributed by atoms with van der Waals surface area (Å²) in [6.45, 7) is 4.87. The predicted octanol–water partition coefficient (Wildman–Crippen LogP) is -0.761. The Morgan fingerprint density at radius 2 is 1.78 bits per heavy atom. The van der Waals surface area contributed by atoms with E-state index in [1.165, 1.54) is 0 Å². The SMILES string of the molecule is CC(C)C(C)O[C@@H]1OC(CO)(CO)CC(O)C1O. The predicted molar refractivity (Wildman–Crippen MR) is 63.8 cm³/mol. The molecule has 0 spiro atoms. The lowest BCUT2D eigenvalue weighted by atomic mass is 9.91. The molecule has 1 aliphatic heterocycles. The van der Waals surface area contributed by atoms with Gasteiger partial charge in [-0.05, 0) is 12.8 Å². The van der Waals surface area contributed by atoms with Gasteiger partial charge in [0.25, 0.3) is 0 Å². The summed E-state index contributed by atoms with van der Waals surface area (Å²) in [5.41, 5.74) is -1.26. The summed E-state index contributed by atoms with van der Waals surface area (Å²) in [7, 11) is 0. The van der Waals surface area contributed by atoms with E-state index in [1.807, 2.05) is 20.8 Å². The van der Waals surface area contributed by atoms with Crippen molar-refractivity contribution in [1.82, 2.24) is 0 Å². The van der Waals surface area contributed by atoms with Crippen molar-refractivity contribution in [3.05, 3.63) is 0 Å². The Morgan fingerprint density at radius 3 is 2.22 bits per heavy atom. The van der Waals surface area contributed by atoms with Gasteiger partial charge in [-0.1, -0.05) is 13.8 Å². The van der Waals surface area contributed by atoms with E-state index in [-0.39, 0.29) is 18.4 Å². The summed E-state index contributed by atoms with van der Waals surface area (Å²) in [4.78, 5) is 0. The minimum Gasteiger partial charge on any atom is -0.393 e. The Balaban J connectivity index is 2.75. The van der Waals surface area contributed by atoms with Gasteiger partial charge in [-0.25, -0.2) is 0 Å². The molecule has 1 heterocycles. The highest BCUT2D eigenvalue weighted by atomic mass is 16.7. The molecule has 1 rings (SSSR count). The van der Waals surface area contributed by atoms with Gasteiger partial charge in [-0.15, -0.1) is 0 Å². The molecule has 0 radical (unpaired) electrons. The highest BCUT2D eigenvalue weighted by molar-refractivity contribution is 4.92. The van der Waals surface area contributed by atoms with Crippen LogP contribution in [0.3, 0.4) is 0 Å². The largest absolute Gasteiger partial charge is 0.393 e. The van der Waals surface area contributed by atoms with Crippen molar-refractivity contribution < 1.29 is 29.9 Å². The second kappa shape index (κ2) is 6.27. The van der Waals surface area contributed by atoms with E-state index in [1.54, 1.807) is 0 Å². The molecule has 0 aromatic rings. The Hall–Kier alpha value is -0.240. The molecule has 6 heteroatoms. The van der Waals surface area contributed by atoms with Crippen LogP contribution in [0.25, 0.3) is 0 Å². The molecule has 0 aromatic heterocycles. The maximum absolute atomic E-state index is 9.83. The first kappa shape index (κ1) is 15.8. The third kappa shape index (κ3) is 3.40. The van der Waals surface area contributed by atoms with Crippen LogP contribution in [-0.2, 0) is 9.47 Å². The molecule has 108 valence electrons. The van der Waals surface area contributed by atoms with Crippen LogP contribution in [0.2, 0.25) is 0 Å². The van der Waals surface area contributed by atoms with E-state index in [0.29, 0.717) is 0 Å². The van der Waals surface area contributed by atoms with Crippen LogP contribution in [-0.4, -0.2) is 63.8 Å². The summed E-state index contributed by atoms with van der Waals surface area (Å²) in [6.07, 6.45) is -3.53. The lowest BCUT2D eigenvalue weighted by Gasteiger charge is -2.44. The molecular weight excluding hydrogens is 240 g/mol. The molecule has 18 heavy (non-hydrogen) atoms. The Labute approximate surface area is 107 Å². The van der Waals surface area contributed by atoms with Gasteiger partial charge in [0.2, 0.25) is 0 Å². The number of hydrogen-bond donors (Lipinski definition) is 4. The summed E-state index contributed by atoms with van der Waals surface area (Å²) in [5, 5.41) is 38.1. The number of aliphatic hydroxyl groups is 4. The second-order valence-corrected chi connectivity index (χ2v) is 5.33. The van der Waals surface area contributed by atoms with Crippen LogP contribution in [0.15, 0.2) is 0 Å². The molecule has 0 amide bonds. The first-order valence-electron chi connectivity index (χ1n) is 6.26. The van der Waals surface area contributed by atoms with Crippen LogP contribution in [0.1, 0.15) is 27.2 Å². The van der Waals surface area contributed by atoms with Gasteiger partial charge in [-0.3, -0.25) is 0 Å². The van der Waals surface area contributed by atoms with Crippen LogP contribution in [0, 0.1) is 5.92 Å². The van der Waals surface area contributed by atoms with E-state index in [2.05, 4.69) is 0 Å². The molecule has 6 nitrogen and oxygen atoms in total. The average Bonchev–Trinajstić information content (AvgIpc) is 2.34. The molecule has 1 saturated heterocycles. The van der Waals surface area contributed by atoms with Crippen LogP contribution in [0.5, 0.6) is 0 Å². The molecule has 0 aliphatic carbocycles. The molecular formula is C12H24O6. The van der Waals surface area contributed by atoms with E-state index in [9.17, 15) is 20.4 Å². The van der Waals surface area contributed by atoms with Gasteiger partial charge in [-0.2, -0.15) is 0 Å². The van der Waals surface area contributed by atoms with Crippen LogP contribution < -0.4 is 0 Å². The van der Waals surface area contributed by atoms with E-state index < -0.39 is 37.3 Å². The number of hydrogen-bond acceptors (Lipinski definition) is 6. The summed E-state index contributed by atoms with van der Waals surface area (Å²) < 4.78 is 11.0. The zero-order valence-electron chi connectivity index (χ0n) is 11.1. The highest BCUT2D eigenvalue weighted by Crippen LogP contribution is 2.30. The van der Waals surface area contributed by atoms with E-state index in [4.69, 9.17) is 9.47 Å². The second-order valence-electron chi connectivity index (χ2n) is 5.33. The van der Waals surface area contributed by atoms with Gasteiger partial charge in [0.1, 0.15) is 11.7 Å². The smallest absolute Gasteiger partial charge is 0.187 e. The van der Waals surface area contributed by atoms with Crippen molar-refractivity contribution in [1.29, 1.82) is 0 Å². The van der Waals surface area contributed by atoms with Gasteiger partial charge in [0, 0.05) is 6.42 Å². The molecule has 4 N–H and O–H groups in total. The topological polar surface area (TPSA) is 99.4 Å². The fourth-order valence-corrected chi connectivity index (χ4v) is 1.78. The van der Waals surface area contributed by atoms with Crippen molar-refractivity contribution >= 4 is 0 Å². The van der Waals surface area contributed by atoms with Gasteiger partial charge >= 0.3 is 0 Å². The lowest BCUT2D eigenvalue weighted by molar-refractivity contribution is -0.323. The summed E-state index contributed by atoms with van der Waals surface area (Å²) >= 11 is 0. The molecule has 1 aliphatic rings. The van der Waals surface area contributed by atoms with Crippen molar-refractivity contribution in [2.75, 3.05) is 13.2 Å². The molecule has 4 atom stereocenters. The Kier molecular flexibility index (Phi) is 5.51. The molecule has 1 fully saturated rings. The Morgan fingerprint density at radius 1 is 1.22 bits per heavy atom. The zero-order valence-corrected chi connectivity index (χ0v) is 11.1. The third-order valence-corrected chi connectivity index (χ3v) is 3.48. The van der Waals surface area contributed by atoms with Gasteiger partial charge in [0.15, 0.2) is 6.29 Å². The zero-order chi connectivity index (χ0) is 13.9. The number of rotatable bonds is 5. The van der Waals surface area contributed by atoms with Crippen molar-refractivity contribution in [2.45, 2.75) is 57.4 Å². The van der Waals surface area contributed by atoms with Crippen molar-refractivity contribution in [2.24, 2.45) is 5.92 Å². The maximum atomic E-state index is 9.83. The average molecular weight is 264 g/mol. The minimum absolute atomic E-state index is 0.0307. The number of aliphatic hydroxyl groups excluding tert-OH is 4.